The van der Waals surface area contributed by atoms with E-state index in [4.69, 9.17) is 9.47 Å². The zero-order chi connectivity index (χ0) is 15.9. The van der Waals surface area contributed by atoms with Gasteiger partial charge in [0.1, 0.15) is 12.4 Å². The minimum Gasteiger partial charge on any atom is -0.496 e. The van der Waals surface area contributed by atoms with Crippen molar-refractivity contribution in [2.45, 2.75) is 13.5 Å². The highest BCUT2D eigenvalue weighted by Crippen LogP contribution is 2.20. The molecule has 0 atom stereocenters. The van der Waals surface area contributed by atoms with Gasteiger partial charge in [-0.05, 0) is 23.8 Å². The van der Waals surface area contributed by atoms with Gasteiger partial charge in [0, 0.05) is 12.5 Å². The molecule has 1 aromatic carbocycles. The van der Waals surface area contributed by atoms with Crippen LogP contribution in [0.5, 0.6) is 5.75 Å². The molecule has 0 unspecified atom stereocenters. The van der Waals surface area contributed by atoms with Crippen molar-refractivity contribution in [1.29, 1.82) is 0 Å². The second kappa shape index (κ2) is 7.60. The standard InChI is InChI=1S/C14H15N3O4S/c1-9(18)21-7-11-5-10(3-4-12(11)20-2)6-15-17-14-16-13(19)8-22-14/h3-6H,7-8H2,1-2H3,(H,16,17,19). The largest absolute Gasteiger partial charge is 0.496 e. The van der Waals surface area contributed by atoms with Crippen molar-refractivity contribution in [2.24, 2.45) is 10.2 Å². The van der Waals surface area contributed by atoms with E-state index in [1.165, 1.54) is 18.7 Å². The third-order valence-electron chi connectivity index (χ3n) is 2.68. The number of thioether (sulfide) groups is 1. The molecular formula is C14H15N3O4S. The molecule has 1 fully saturated rings. The van der Waals surface area contributed by atoms with Gasteiger partial charge in [0.2, 0.25) is 5.91 Å². The van der Waals surface area contributed by atoms with Crippen LogP contribution in [0.3, 0.4) is 0 Å². The fourth-order valence-corrected chi connectivity index (χ4v) is 2.33. The molecule has 2 rings (SSSR count). The number of esters is 1. The third-order valence-corrected chi connectivity index (χ3v) is 3.54. The number of amides is 1. The molecular weight excluding hydrogens is 306 g/mol. The molecule has 22 heavy (non-hydrogen) atoms. The number of hydrogen-bond donors (Lipinski definition) is 1. The Morgan fingerprint density at radius 2 is 2.32 bits per heavy atom. The number of carbonyl (C=O) groups excluding carboxylic acids is 2. The van der Waals surface area contributed by atoms with Crippen molar-refractivity contribution >= 4 is 35.0 Å². The fourth-order valence-electron chi connectivity index (χ4n) is 1.70. The Hall–Kier alpha value is -2.35. The highest BCUT2D eigenvalue weighted by atomic mass is 32.2. The van der Waals surface area contributed by atoms with Crippen molar-refractivity contribution in [3.8, 4) is 5.75 Å². The van der Waals surface area contributed by atoms with Crippen LogP contribution in [-0.4, -0.2) is 36.1 Å². The lowest BCUT2D eigenvalue weighted by Crippen LogP contribution is -2.19. The van der Waals surface area contributed by atoms with Gasteiger partial charge in [-0.15, -0.1) is 5.10 Å². The van der Waals surface area contributed by atoms with E-state index in [1.807, 2.05) is 0 Å². The van der Waals surface area contributed by atoms with E-state index in [0.29, 0.717) is 16.7 Å². The number of rotatable bonds is 5. The van der Waals surface area contributed by atoms with Gasteiger partial charge in [-0.25, -0.2) is 0 Å². The van der Waals surface area contributed by atoms with Gasteiger partial charge in [-0.2, -0.15) is 5.10 Å². The lowest BCUT2D eigenvalue weighted by molar-refractivity contribution is -0.142. The average Bonchev–Trinajstić information content (AvgIpc) is 2.91. The first-order chi connectivity index (χ1) is 10.6. The zero-order valence-electron chi connectivity index (χ0n) is 12.2. The van der Waals surface area contributed by atoms with Gasteiger partial charge in [0.25, 0.3) is 0 Å². The molecule has 0 radical (unpaired) electrons. The summed E-state index contributed by atoms with van der Waals surface area (Å²) in [5, 5.41) is 10.9. The highest BCUT2D eigenvalue weighted by Gasteiger charge is 2.15. The summed E-state index contributed by atoms with van der Waals surface area (Å²) in [5.74, 6) is 0.556. The average molecular weight is 321 g/mol. The minimum absolute atomic E-state index is 0.0768. The molecule has 0 saturated carbocycles. The summed E-state index contributed by atoms with van der Waals surface area (Å²) in [6.07, 6.45) is 1.55. The molecule has 8 heteroatoms. The number of benzene rings is 1. The molecule has 0 spiro atoms. The van der Waals surface area contributed by atoms with E-state index < -0.39 is 0 Å². The zero-order valence-corrected chi connectivity index (χ0v) is 13.0. The predicted molar refractivity (Wildman–Crippen MR) is 84.1 cm³/mol. The minimum atomic E-state index is -0.360. The van der Waals surface area contributed by atoms with E-state index in [0.717, 1.165) is 11.1 Å². The molecule has 0 aromatic heterocycles. The molecule has 1 aliphatic rings. The van der Waals surface area contributed by atoms with Crippen LogP contribution < -0.4 is 10.1 Å². The Kier molecular flexibility index (Phi) is 5.54. The van der Waals surface area contributed by atoms with E-state index in [9.17, 15) is 9.59 Å². The summed E-state index contributed by atoms with van der Waals surface area (Å²) in [6, 6.07) is 5.37. The molecule has 0 bridgehead atoms. The van der Waals surface area contributed by atoms with Crippen molar-refractivity contribution < 1.29 is 19.1 Å². The third kappa shape index (κ3) is 4.59. The normalized spacial score (nSPS) is 16.1. The number of hydrogen-bond acceptors (Lipinski definition) is 7. The number of ether oxygens (including phenoxy) is 2. The van der Waals surface area contributed by atoms with Crippen molar-refractivity contribution in [3.05, 3.63) is 29.3 Å². The molecule has 1 amide bonds. The fraction of sp³-hybridized carbons (Fsp3) is 0.286. The van der Waals surface area contributed by atoms with Gasteiger partial charge in [-0.1, -0.05) is 11.8 Å². The first-order valence-corrected chi connectivity index (χ1v) is 7.41. The second-order valence-corrected chi connectivity index (χ2v) is 5.30. The molecule has 1 aliphatic heterocycles. The Labute approximate surface area is 131 Å². The van der Waals surface area contributed by atoms with Gasteiger partial charge >= 0.3 is 5.97 Å². The van der Waals surface area contributed by atoms with Crippen molar-refractivity contribution in [3.63, 3.8) is 0 Å². The highest BCUT2D eigenvalue weighted by molar-refractivity contribution is 8.15. The van der Waals surface area contributed by atoms with Gasteiger partial charge < -0.3 is 14.8 Å². The van der Waals surface area contributed by atoms with Gasteiger partial charge in [-0.3, -0.25) is 9.59 Å². The van der Waals surface area contributed by atoms with Crippen LogP contribution in [0.15, 0.2) is 28.4 Å². The number of nitrogens with one attached hydrogen (secondary N) is 1. The van der Waals surface area contributed by atoms with Crippen LogP contribution in [0.1, 0.15) is 18.1 Å². The van der Waals surface area contributed by atoms with E-state index >= 15 is 0 Å². The SMILES string of the molecule is COc1ccc(C=NN=C2NC(=O)CS2)cc1COC(C)=O. The first-order valence-electron chi connectivity index (χ1n) is 6.42. The number of nitrogens with zero attached hydrogens (tertiary/aromatic N) is 2. The van der Waals surface area contributed by atoms with Crippen molar-refractivity contribution in [1.82, 2.24) is 5.32 Å². The smallest absolute Gasteiger partial charge is 0.302 e. The van der Waals surface area contributed by atoms with Crippen molar-refractivity contribution in [2.75, 3.05) is 12.9 Å². The molecule has 1 saturated heterocycles. The Balaban J connectivity index is 2.09. The Bertz CT molecular complexity index is 643. The molecule has 1 heterocycles. The van der Waals surface area contributed by atoms with Crippen LogP contribution >= 0.6 is 11.8 Å². The summed E-state index contributed by atoms with van der Waals surface area (Å²) in [6.45, 7) is 1.47. The topological polar surface area (TPSA) is 89.3 Å². The maximum Gasteiger partial charge on any atom is 0.302 e. The molecule has 116 valence electrons. The van der Waals surface area contributed by atoms with Crippen LogP contribution in [0.25, 0.3) is 0 Å². The maximum atomic E-state index is 11.0. The molecule has 1 aromatic rings. The molecule has 1 N–H and O–H groups in total. The Morgan fingerprint density at radius 1 is 1.50 bits per heavy atom. The lowest BCUT2D eigenvalue weighted by Gasteiger charge is -2.09. The molecule has 7 nitrogen and oxygen atoms in total. The van der Waals surface area contributed by atoms with E-state index in [-0.39, 0.29) is 18.5 Å². The van der Waals surface area contributed by atoms with Crippen LogP contribution in [0.4, 0.5) is 0 Å². The van der Waals surface area contributed by atoms with Crippen LogP contribution in [0, 0.1) is 0 Å². The summed E-state index contributed by atoms with van der Waals surface area (Å²) < 4.78 is 10.2. The number of methoxy groups -OCH3 is 1. The summed E-state index contributed by atoms with van der Waals surface area (Å²) in [4.78, 5) is 21.9. The number of amidine groups is 1. The summed E-state index contributed by atoms with van der Waals surface area (Å²) in [7, 11) is 1.55. The maximum absolute atomic E-state index is 11.0. The van der Waals surface area contributed by atoms with E-state index in [2.05, 4.69) is 15.5 Å². The predicted octanol–water partition coefficient (Wildman–Crippen LogP) is 1.31. The van der Waals surface area contributed by atoms with E-state index in [1.54, 1.807) is 31.5 Å². The summed E-state index contributed by atoms with van der Waals surface area (Å²) in [5.41, 5.74) is 1.51. The summed E-state index contributed by atoms with van der Waals surface area (Å²) >= 11 is 1.30. The number of carbonyl (C=O) groups is 2. The van der Waals surface area contributed by atoms with Gasteiger partial charge in [0.05, 0.1) is 19.1 Å². The molecule has 0 aliphatic carbocycles. The monoisotopic (exact) mass is 321 g/mol. The lowest BCUT2D eigenvalue weighted by atomic mass is 10.1. The first kappa shape index (κ1) is 16.0. The second-order valence-electron chi connectivity index (χ2n) is 4.34. The quantitative estimate of drug-likeness (QED) is 0.502. The Morgan fingerprint density at radius 3 is 2.95 bits per heavy atom. The van der Waals surface area contributed by atoms with Crippen LogP contribution in [-0.2, 0) is 20.9 Å². The van der Waals surface area contributed by atoms with Gasteiger partial charge in [0.15, 0.2) is 5.17 Å². The van der Waals surface area contributed by atoms with Crippen LogP contribution in [0.2, 0.25) is 0 Å².